The first-order chi connectivity index (χ1) is 23.3. The molecule has 0 atom stereocenters. The molecule has 0 aliphatic heterocycles. The Morgan fingerprint density at radius 1 is 0.362 bits per heavy atom. The van der Waals surface area contributed by atoms with Crippen LogP contribution < -0.4 is 0 Å². The Labute approximate surface area is 293 Å². The summed E-state index contributed by atoms with van der Waals surface area (Å²) in [7, 11) is 0. The Morgan fingerprint density at radius 2 is 0.638 bits per heavy atom. The Hall–Kier alpha value is -2.12. The van der Waals surface area contributed by atoms with Gasteiger partial charge in [0.15, 0.2) is 0 Å². The highest BCUT2D eigenvalue weighted by atomic mass is 15.3. The van der Waals surface area contributed by atoms with Crippen molar-refractivity contribution in [3.05, 3.63) is 96.1 Å². The minimum absolute atomic E-state index is 1.17. The van der Waals surface area contributed by atoms with Crippen molar-refractivity contribution < 1.29 is 4.48 Å². The molecule has 0 N–H and O–H groups in total. The summed E-state index contributed by atoms with van der Waals surface area (Å²) in [6.45, 7) is 9.22. The highest BCUT2D eigenvalue weighted by molar-refractivity contribution is 5.15. The molecule has 47 heavy (non-hydrogen) atoms. The Morgan fingerprint density at radius 3 is 0.936 bits per heavy atom. The molecule has 1 heteroatoms. The molecule has 0 unspecified atom stereocenters. The first-order valence-electron chi connectivity index (χ1n) is 20.4. The van der Waals surface area contributed by atoms with Crippen LogP contribution in [0.1, 0.15) is 179 Å². The summed E-state index contributed by atoms with van der Waals surface area (Å²) in [5, 5.41) is 0. The molecular weight excluding hydrogens is 567 g/mol. The first-order valence-corrected chi connectivity index (χ1v) is 20.4. The lowest BCUT2D eigenvalue weighted by Crippen LogP contribution is -2.48. The van der Waals surface area contributed by atoms with E-state index in [9.17, 15) is 0 Å². The maximum atomic E-state index is 2.36. The number of unbranched alkanes of at least 4 members (excludes halogenated alkanes) is 22. The van der Waals surface area contributed by atoms with E-state index in [2.05, 4.69) is 98.8 Å². The van der Waals surface area contributed by atoms with E-state index in [-0.39, 0.29) is 0 Å². The van der Waals surface area contributed by atoms with Crippen LogP contribution >= 0.6 is 0 Å². The predicted molar refractivity (Wildman–Crippen MR) is 211 cm³/mol. The summed E-state index contributed by atoms with van der Waals surface area (Å²) in [5.41, 5.74) is 3.01. The Kier molecular flexibility index (Phi) is 26.2. The number of benzene rings is 2. The van der Waals surface area contributed by atoms with Crippen molar-refractivity contribution in [2.75, 3.05) is 13.1 Å². The molecule has 2 rings (SSSR count). The topological polar surface area (TPSA) is 0 Å². The van der Waals surface area contributed by atoms with Crippen LogP contribution in [0, 0.1) is 0 Å². The van der Waals surface area contributed by atoms with Crippen molar-refractivity contribution in [1.82, 2.24) is 0 Å². The van der Waals surface area contributed by atoms with Gasteiger partial charge >= 0.3 is 0 Å². The van der Waals surface area contributed by atoms with Gasteiger partial charge in [0.1, 0.15) is 13.1 Å². The van der Waals surface area contributed by atoms with Gasteiger partial charge in [-0.2, -0.15) is 0 Å². The van der Waals surface area contributed by atoms with Gasteiger partial charge in [0.25, 0.3) is 0 Å². The number of quaternary nitrogens is 1. The second-order valence-corrected chi connectivity index (χ2v) is 14.6. The fourth-order valence-electron chi connectivity index (χ4n) is 7.36. The molecule has 0 saturated carbocycles. The van der Waals surface area contributed by atoms with Crippen LogP contribution in [0.15, 0.2) is 85.0 Å². The predicted octanol–water partition coefficient (Wildman–Crippen LogP) is 14.7. The first kappa shape index (κ1) is 41.1. The van der Waals surface area contributed by atoms with Gasteiger partial charge in [0.05, 0.1) is 13.1 Å². The molecule has 0 fully saturated rings. The van der Waals surface area contributed by atoms with Crippen molar-refractivity contribution >= 4 is 0 Å². The Balaban J connectivity index is 1.75. The molecule has 2 aromatic rings. The van der Waals surface area contributed by atoms with E-state index in [1.807, 2.05) is 0 Å². The van der Waals surface area contributed by atoms with E-state index in [1.165, 1.54) is 196 Å². The van der Waals surface area contributed by atoms with Crippen molar-refractivity contribution in [2.24, 2.45) is 0 Å². The zero-order chi connectivity index (χ0) is 33.4. The zero-order valence-corrected chi connectivity index (χ0v) is 31.3. The third-order valence-electron chi connectivity index (χ3n) is 10.2. The van der Waals surface area contributed by atoms with Crippen LogP contribution in [0.25, 0.3) is 0 Å². The zero-order valence-electron chi connectivity index (χ0n) is 31.3. The number of nitrogens with zero attached hydrogens (tertiary/aromatic N) is 1. The number of hydrogen-bond acceptors (Lipinski definition) is 0. The van der Waals surface area contributed by atoms with Crippen LogP contribution in [-0.2, 0) is 13.1 Å². The van der Waals surface area contributed by atoms with Crippen LogP contribution in [0.4, 0.5) is 0 Å². The van der Waals surface area contributed by atoms with Gasteiger partial charge in [0, 0.05) is 11.1 Å². The summed E-state index contributed by atoms with van der Waals surface area (Å²) in [6, 6.07) is 22.7. The lowest BCUT2D eigenvalue weighted by atomic mass is 10.0. The largest absolute Gasteiger partial charge is 0.316 e. The normalized spacial score (nSPS) is 12.1. The highest BCUT2D eigenvalue weighted by Gasteiger charge is 2.27. The van der Waals surface area contributed by atoms with E-state index in [0.717, 1.165) is 0 Å². The van der Waals surface area contributed by atoms with Gasteiger partial charge < -0.3 is 4.48 Å². The van der Waals surface area contributed by atoms with Crippen LogP contribution in [0.2, 0.25) is 0 Å². The van der Waals surface area contributed by atoms with E-state index in [0.29, 0.717) is 0 Å². The van der Waals surface area contributed by atoms with Gasteiger partial charge in [0.2, 0.25) is 0 Å². The molecule has 0 radical (unpaired) electrons. The fraction of sp³-hybridized carbons (Fsp3) is 0.652. The molecule has 1 nitrogen and oxygen atoms in total. The van der Waals surface area contributed by atoms with E-state index in [1.54, 1.807) is 0 Å². The summed E-state index contributed by atoms with van der Waals surface area (Å²) in [5.74, 6) is 0. The molecule has 264 valence electrons. The average molecular weight is 643 g/mol. The summed E-state index contributed by atoms with van der Waals surface area (Å²) < 4.78 is 1.22. The van der Waals surface area contributed by atoms with E-state index in [4.69, 9.17) is 0 Å². The van der Waals surface area contributed by atoms with Gasteiger partial charge in [-0.1, -0.05) is 188 Å². The van der Waals surface area contributed by atoms with Crippen molar-refractivity contribution in [3.8, 4) is 0 Å². The van der Waals surface area contributed by atoms with Gasteiger partial charge in [-0.05, 0) is 65.2 Å². The van der Waals surface area contributed by atoms with Crippen molar-refractivity contribution in [1.29, 1.82) is 0 Å². The minimum Gasteiger partial charge on any atom is -0.316 e. The lowest BCUT2D eigenvalue weighted by Gasteiger charge is -2.39. The molecular formula is C46H76N+. The van der Waals surface area contributed by atoms with E-state index >= 15 is 0 Å². The molecule has 0 aliphatic carbocycles. The van der Waals surface area contributed by atoms with Crippen LogP contribution in [0.5, 0.6) is 0 Å². The molecule has 0 bridgehead atoms. The molecule has 0 heterocycles. The average Bonchev–Trinajstić information content (AvgIpc) is 3.09. The van der Waals surface area contributed by atoms with E-state index < -0.39 is 0 Å². The van der Waals surface area contributed by atoms with Crippen molar-refractivity contribution in [3.63, 3.8) is 0 Å². The molecule has 0 spiro atoms. The third-order valence-corrected chi connectivity index (χ3v) is 10.2. The molecule has 0 saturated heterocycles. The minimum atomic E-state index is 1.17. The van der Waals surface area contributed by atoms with Crippen molar-refractivity contribution in [2.45, 2.75) is 181 Å². The smallest absolute Gasteiger partial charge is 0.105 e. The molecule has 0 aliphatic rings. The standard InChI is InChI=1S/C46H76N/c1-3-5-7-9-11-13-15-17-19-21-23-25-27-35-41-47(43-45-37-31-29-32-38-45,44-46-39-33-30-34-40-46)42-36-28-26-24-22-20-18-16-14-12-10-8-6-4-2/h3-6,29-34,37-40H,7-28,35-36,41-44H2,1-2H3/q+1/b5-3+,6-4+. The SMILES string of the molecule is C/C=C/CCCCCCCCCCCCC[N+](CCCCCCCCCCCCC/C=C/C)(Cc1ccccc1)Cc1ccccc1. The highest BCUT2D eigenvalue weighted by Crippen LogP contribution is 2.24. The summed E-state index contributed by atoms with van der Waals surface area (Å²) in [6.07, 6.45) is 42.6. The fourth-order valence-corrected chi connectivity index (χ4v) is 7.36. The molecule has 0 amide bonds. The molecule has 2 aromatic carbocycles. The summed E-state index contributed by atoms with van der Waals surface area (Å²) >= 11 is 0. The maximum Gasteiger partial charge on any atom is 0.105 e. The van der Waals surface area contributed by atoms with Crippen LogP contribution in [-0.4, -0.2) is 17.6 Å². The third kappa shape index (κ3) is 23.0. The quantitative estimate of drug-likeness (QED) is 0.0423. The Bertz CT molecular complexity index is 893. The van der Waals surface area contributed by atoms with Crippen LogP contribution in [0.3, 0.4) is 0 Å². The summed E-state index contributed by atoms with van der Waals surface area (Å²) in [4.78, 5) is 0. The van der Waals surface area contributed by atoms with Gasteiger partial charge in [-0.25, -0.2) is 0 Å². The lowest BCUT2D eigenvalue weighted by molar-refractivity contribution is -0.954. The number of rotatable bonds is 32. The number of allylic oxidation sites excluding steroid dienone is 4. The van der Waals surface area contributed by atoms with Gasteiger partial charge in [-0.3, -0.25) is 0 Å². The number of hydrogen-bond donors (Lipinski definition) is 0. The van der Waals surface area contributed by atoms with Gasteiger partial charge in [-0.15, -0.1) is 0 Å². The second kappa shape index (κ2) is 30.0. The monoisotopic (exact) mass is 643 g/mol. The second-order valence-electron chi connectivity index (χ2n) is 14.6. The maximum absolute atomic E-state index is 2.36. The molecule has 0 aromatic heterocycles.